The first-order chi connectivity index (χ1) is 9.13. The molecule has 1 saturated heterocycles. The van der Waals surface area contributed by atoms with Crippen LogP contribution in [0.15, 0.2) is 24.3 Å². The maximum atomic E-state index is 12.3. The van der Waals surface area contributed by atoms with Gasteiger partial charge in [-0.1, -0.05) is 29.8 Å². The SMILES string of the molecule is Cc1ccc(CC(=O)N2CC3CCC(N)C3C2)cc1. The average molecular weight is 258 g/mol. The van der Waals surface area contributed by atoms with Crippen molar-refractivity contribution in [3.63, 3.8) is 0 Å². The van der Waals surface area contributed by atoms with Gasteiger partial charge >= 0.3 is 0 Å². The number of carbonyl (C=O) groups excluding carboxylic acids is 1. The second-order valence-corrected chi connectivity index (χ2v) is 6.13. The van der Waals surface area contributed by atoms with Gasteiger partial charge in [-0.05, 0) is 37.2 Å². The minimum atomic E-state index is 0.255. The van der Waals surface area contributed by atoms with Crippen molar-refractivity contribution in [3.8, 4) is 0 Å². The maximum absolute atomic E-state index is 12.3. The van der Waals surface area contributed by atoms with Crippen molar-refractivity contribution in [2.24, 2.45) is 17.6 Å². The third kappa shape index (κ3) is 2.52. The number of amides is 1. The topological polar surface area (TPSA) is 46.3 Å². The number of carbonyl (C=O) groups is 1. The Morgan fingerprint density at radius 2 is 2.00 bits per heavy atom. The molecule has 1 aliphatic carbocycles. The lowest BCUT2D eigenvalue weighted by molar-refractivity contribution is -0.129. The van der Waals surface area contributed by atoms with E-state index in [1.807, 2.05) is 4.90 Å². The van der Waals surface area contributed by atoms with Crippen LogP contribution in [0.4, 0.5) is 0 Å². The lowest BCUT2D eigenvalue weighted by atomic mass is 9.98. The number of nitrogens with two attached hydrogens (primary N) is 1. The van der Waals surface area contributed by atoms with Gasteiger partial charge in [0.15, 0.2) is 0 Å². The Balaban J connectivity index is 1.61. The molecule has 3 atom stereocenters. The molecule has 3 rings (SSSR count). The summed E-state index contributed by atoms with van der Waals surface area (Å²) in [5.41, 5.74) is 8.46. The molecule has 3 unspecified atom stereocenters. The number of nitrogens with zero attached hydrogens (tertiary/aromatic N) is 1. The Morgan fingerprint density at radius 1 is 1.26 bits per heavy atom. The van der Waals surface area contributed by atoms with Crippen LogP contribution in [-0.4, -0.2) is 29.9 Å². The molecule has 2 N–H and O–H groups in total. The van der Waals surface area contributed by atoms with E-state index in [9.17, 15) is 4.79 Å². The van der Waals surface area contributed by atoms with Gasteiger partial charge in [0.05, 0.1) is 6.42 Å². The smallest absolute Gasteiger partial charge is 0.227 e. The Morgan fingerprint density at radius 3 is 2.68 bits per heavy atom. The molecule has 3 nitrogen and oxygen atoms in total. The van der Waals surface area contributed by atoms with Crippen LogP contribution in [0.2, 0.25) is 0 Å². The van der Waals surface area contributed by atoms with Gasteiger partial charge in [-0.15, -0.1) is 0 Å². The van der Waals surface area contributed by atoms with Gasteiger partial charge in [0.1, 0.15) is 0 Å². The van der Waals surface area contributed by atoms with Gasteiger partial charge in [-0.3, -0.25) is 4.79 Å². The van der Waals surface area contributed by atoms with Gasteiger partial charge in [0, 0.05) is 19.1 Å². The maximum Gasteiger partial charge on any atom is 0.227 e. The summed E-state index contributed by atoms with van der Waals surface area (Å²) in [5.74, 6) is 1.45. The highest BCUT2D eigenvalue weighted by Crippen LogP contribution is 2.37. The van der Waals surface area contributed by atoms with Crippen LogP contribution >= 0.6 is 0 Å². The minimum Gasteiger partial charge on any atom is -0.342 e. The lowest BCUT2D eigenvalue weighted by Crippen LogP contribution is -2.34. The summed E-state index contributed by atoms with van der Waals surface area (Å²) in [5, 5.41) is 0. The van der Waals surface area contributed by atoms with E-state index >= 15 is 0 Å². The highest BCUT2D eigenvalue weighted by molar-refractivity contribution is 5.79. The molecule has 102 valence electrons. The van der Waals surface area contributed by atoms with Crippen molar-refractivity contribution in [1.29, 1.82) is 0 Å². The summed E-state index contributed by atoms with van der Waals surface area (Å²) >= 11 is 0. The van der Waals surface area contributed by atoms with E-state index in [2.05, 4.69) is 31.2 Å². The molecule has 1 aromatic carbocycles. The fourth-order valence-electron chi connectivity index (χ4n) is 3.50. The monoisotopic (exact) mass is 258 g/mol. The van der Waals surface area contributed by atoms with Crippen molar-refractivity contribution in [2.45, 2.75) is 32.2 Å². The molecule has 0 radical (unpaired) electrons. The standard InChI is InChI=1S/C16H22N2O/c1-11-2-4-12(5-3-11)8-16(19)18-9-13-6-7-15(17)14(13)10-18/h2-5,13-15H,6-10,17H2,1H3. The van der Waals surface area contributed by atoms with Gasteiger partial charge in [-0.25, -0.2) is 0 Å². The number of hydrogen-bond donors (Lipinski definition) is 1. The Kier molecular flexibility index (Phi) is 3.31. The van der Waals surface area contributed by atoms with Gasteiger partial charge in [0.2, 0.25) is 5.91 Å². The van der Waals surface area contributed by atoms with Crippen LogP contribution in [0.5, 0.6) is 0 Å². The number of aryl methyl sites for hydroxylation is 1. The first-order valence-electron chi connectivity index (χ1n) is 7.22. The van der Waals surface area contributed by atoms with E-state index < -0.39 is 0 Å². The Hall–Kier alpha value is -1.35. The fraction of sp³-hybridized carbons (Fsp3) is 0.562. The van der Waals surface area contributed by atoms with E-state index in [0.29, 0.717) is 24.3 Å². The average Bonchev–Trinajstić information content (AvgIpc) is 2.95. The molecule has 2 fully saturated rings. The van der Waals surface area contributed by atoms with Gasteiger partial charge in [-0.2, -0.15) is 0 Å². The highest BCUT2D eigenvalue weighted by atomic mass is 16.2. The second-order valence-electron chi connectivity index (χ2n) is 6.13. The molecule has 0 spiro atoms. The van der Waals surface area contributed by atoms with E-state index in [0.717, 1.165) is 25.1 Å². The summed E-state index contributed by atoms with van der Waals surface area (Å²) < 4.78 is 0. The number of fused-ring (bicyclic) bond motifs is 1. The largest absolute Gasteiger partial charge is 0.342 e. The van der Waals surface area contributed by atoms with Gasteiger partial charge < -0.3 is 10.6 Å². The van der Waals surface area contributed by atoms with Crippen LogP contribution in [-0.2, 0) is 11.2 Å². The van der Waals surface area contributed by atoms with Crippen LogP contribution in [0, 0.1) is 18.8 Å². The van der Waals surface area contributed by atoms with Crippen molar-refractivity contribution >= 4 is 5.91 Å². The Bertz CT molecular complexity index is 468. The molecule has 1 aromatic rings. The molecule has 1 saturated carbocycles. The molecule has 1 heterocycles. The second kappa shape index (κ2) is 4.97. The van der Waals surface area contributed by atoms with Crippen molar-refractivity contribution in [1.82, 2.24) is 4.90 Å². The first kappa shape index (κ1) is 12.7. The predicted octanol–water partition coefficient (Wildman–Crippen LogP) is 1.73. The van der Waals surface area contributed by atoms with Crippen LogP contribution < -0.4 is 5.73 Å². The van der Waals surface area contributed by atoms with Crippen LogP contribution in [0.1, 0.15) is 24.0 Å². The van der Waals surface area contributed by atoms with E-state index in [-0.39, 0.29) is 5.91 Å². The summed E-state index contributed by atoms with van der Waals surface area (Å²) in [4.78, 5) is 14.3. The summed E-state index contributed by atoms with van der Waals surface area (Å²) in [6.45, 7) is 3.86. The number of benzene rings is 1. The van der Waals surface area contributed by atoms with Crippen LogP contribution in [0.25, 0.3) is 0 Å². The molecule has 0 bridgehead atoms. The van der Waals surface area contributed by atoms with Crippen molar-refractivity contribution in [3.05, 3.63) is 35.4 Å². The molecule has 1 aliphatic heterocycles. The zero-order chi connectivity index (χ0) is 13.4. The molecular weight excluding hydrogens is 236 g/mol. The van der Waals surface area contributed by atoms with E-state index in [1.54, 1.807) is 0 Å². The quantitative estimate of drug-likeness (QED) is 0.878. The number of rotatable bonds is 2. The first-order valence-corrected chi connectivity index (χ1v) is 7.22. The highest BCUT2D eigenvalue weighted by Gasteiger charge is 2.42. The molecule has 0 aromatic heterocycles. The lowest BCUT2D eigenvalue weighted by Gasteiger charge is -2.18. The minimum absolute atomic E-state index is 0.255. The van der Waals surface area contributed by atoms with Crippen LogP contribution in [0.3, 0.4) is 0 Å². The third-order valence-corrected chi connectivity index (χ3v) is 4.74. The number of hydrogen-bond acceptors (Lipinski definition) is 2. The predicted molar refractivity (Wildman–Crippen MR) is 75.7 cm³/mol. The zero-order valence-corrected chi connectivity index (χ0v) is 11.5. The Labute approximate surface area is 114 Å². The van der Waals surface area contributed by atoms with E-state index in [1.165, 1.54) is 12.0 Å². The van der Waals surface area contributed by atoms with Crippen molar-refractivity contribution < 1.29 is 4.79 Å². The third-order valence-electron chi connectivity index (χ3n) is 4.74. The molecule has 19 heavy (non-hydrogen) atoms. The summed E-state index contributed by atoms with van der Waals surface area (Å²) in [6, 6.07) is 8.54. The number of likely N-dealkylation sites (tertiary alicyclic amines) is 1. The van der Waals surface area contributed by atoms with Crippen molar-refractivity contribution in [2.75, 3.05) is 13.1 Å². The van der Waals surface area contributed by atoms with E-state index in [4.69, 9.17) is 5.73 Å². The normalized spacial score (nSPS) is 29.6. The summed E-state index contributed by atoms with van der Waals surface area (Å²) in [6.07, 6.45) is 2.85. The molecule has 3 heteroatoms. The molecule has 1 amide bonds. The zero-order valence-electron chi connectivity index (χ0n) is 11.5. The molecular formula is C16H22N2O. The fourth-order valence-corrected chi connectivity index (χ4v) is 3.50. The molecule has 2 aliphatic rings. The summed E-state index contributed by atoms with van der Waals surface area (Å²) in [7, 11) is 0. The van der Waals surface area contributed by atoms with Gasteiger partial charge in [0.25, 0.3) is 0 Å².